The van der Waals surface area contributed by atoms with Crippen molar-refractivity contribution in [2.24, 2.45) is 0 Å². The van der Waals surface area contributed by atoms with E-state index in [9.17, 15) is 0 Å². The molecule has 3 aliphatic heterocycles. The first-order chi connectivity index (χ1) is 30.6. The zero-order valence-corrected chi connectivity index (χ0v) is 48.2. The maximum Gasteiger partial charge on any atom is 0.494 e. The molecule has 0 aromatic heterocycles. The molecular formula is C58H86B3BrO6. The summed E-state index contributed by atoms with van der Waals surface area (Å²) in [6, 6.07) is 31.2. The van der Waals surface area contributed by atoms with Crippen LogP contribution in [0.15, 0.2) is 89.4 Å². The maximum atomic E-state index is 6.27. The van der Waals surface area contributed by atoms with E-state index in [0.29, 0.717) is 0 Å². The molecule has 0 spiro atoms. The smallest absolute Gasteiger partial charge is 0.405 e. The molecular weight excluding hydrogens is 905 g/mol. The second-order valence-corrected chi connectivity index (χ2v) is 27.5. The van der Waals surface area contributed by atoms with Crippen molar-refractivity contribution in [2.75, 3.05) is 0 Å². The molecule has 0 bridgehead atoms. The van der Waals surface area contributed by atoms with Gasteiger partial charge in [0.25, 0.3) is 0 Å². The van der Waals surface area contributed by atoms with Crippen LogP contribution in [-0.4, -0.2) is 54.7 Å². The molecule has 0 N–H and O–H groups in total. The van der Waals surface area contributed by atoms with Crippen LogP contribution in [0, 0.1) is 0 Å². The van der Waals surface area contributed by atoms with E-state index in [4.69, 9.17) is 27.9 Å². The molecule has 3 aliphatic rings. The Kier molecular flexibility index (Phi) is 15.8. The van der Waals surface area contributed by atoms with Gasteiger partial charge in [0.1, 0.15) is 0 Å². The van der Waals surface area contributed by atoms with Gasteiger partial charge in [-0.2, -0.15) is 0 Å². The summed E-state index contributed by atoms with van der Waals surface area (Å²) in [7, 11) is -1.29. The van der Waals surface area contributed by atoms with Crippen LogP contribution >= 0.6 is 15.9 Å². The summed E-state index contributed by atoms with van der Waals surface area (Å²) >= 11 is 3.58. The second-order valence-electron chi connectivity index (χ2n) is 26.6. The van der Waals surface area contributed by atoms with Crippen molar-refractivity contribution < 1.29 is 27.9 Å². The van der Waals surface area contributed by atoms with Crippen molar-refractivity contribution in [1.29, 1.82) is 0 Å². The lowest BCUT2D eigenvalue weighted by Crippen LogP contribution is -2.41. The van der Waals surface area contributed by atoms with E-state index in [1.54, 1.807) is 0 Å². The minimum atomic E-state index is -0.476. The molecule has 10 heteroatoms. The SMILES string of the molecule is CC(C)(C)c1cc(-c2cccc(B3OC(C)(C)C(C)(C)O3)c2)cc(C(C)(C)C)c1.CC(C)(C)c1cc(-c2cccc(Br)c2)cc(C(C)(C)C)c1.CC1(C)OB(B2OC(C)(C)C(C)(C)O2)OC1(C)C. The lowest BCUT2D eigenvalue weighted by Gasteiger charge is -2.32. The first-order valence-corrected chi connectivity index (χ1v) is 25.6. The molecule has 0 amide bonds. The molecule has 0 aliphatic carbocycles. The van der Waals surface area contributed by atoms with Gasteiger partial charge in [0.2, 0.25) is 0 Å². The Balaban J connectivity index is 0.000000197. The van der Waals surface area contributed by atoms with E-state index in [-0.39, 0.29) is 62.4 Å². The van der Waals surface area contributed by atoms with Gasteiger partial charge in [0.05, 0.1) is 33.6 Å². The van der Waals surface area contributed by atoms with Crippen LogP contribution < -0.4 is 5.46 Å². The maximum absolute atomic E-state index is 6.27. The number of hydrogen-bond donors (Lipinski definition) is 0. The zero-order valence-electron chi connectivity index (χ0n) is 46.6. The third kappa shape index (κ3) is 12.9. The van der Waals surface area contributed by atoms with Gasteiger partial charge in [-0.15, -0.1) is 0 Å². The number of hydrogen-bond acceptors (Lipinski definition) is 6. The lowest BCUT2D eigenvalue weighted by molar-refractivity contribution is 0.00578. The first-order valence-electron chi connectivity index (χ1n) is 24.8. The van der Waals surface area contributed by atoms with Crippen LogP contribution in [-0.2, 0) is 49.6 Å². The summed E-state index contributed by atoms with van der Waals surface area (Å²) in [4.78, 5) is 0. The molecule has 3 heterocycles. The molecule has 0 unspecified atom stereocenters. The fourth-order valence-electron chi connectivity index (χ4n) is 7.83. The zero-order chi connectivity index (χ0) is 51.6. The predicted molar refractivity (Wildman–Crippen MR) is 294 cm³/mol. The molecule has 68 heavy (non-hydrogen) atoms. The van der Waals surface area contributed by atoms with Crippen LogP contribution in [0.2, 0.25) is 0 Å². The van der Waals surface area contributed by atoms with E-state index >= 15 is 0 Å². The molecule has 0 radical (unpaired) electrons. The molecule has 4 aromatic rings. The van der Waals surface area contributed by atoms with Gasteiger partial charge < -0.3 is 27.9 Å². The molecule has 3 saturated heterocycles. The van der Waals surface area contributed by atoms with Gasteiger partial charge in [0, 0.05) is 4.47 Å². The average Bonchev–Trinajstić information content (AvgIpc) is 3.66. The minimum absolute atomic E-state index is 0.0966. The predicted octanol–water partition coefficient (Wildman–Crippen LogP) is 15.2. The molecule has 0 saturated carbocycles. The highest BCUT2D eigenvalue weighted by atomic mass is 79.9. The van der Waals surface area contributed by atoms with Crippen molar-refractivity contribution in [3.8, 4) is 22.3 Å². The normalized spacial score (nSPS) is 20.4. The van der Waals surface area contributed by atoms with Crippen LogP contribution in [0.3, 0.4) is 0 Å². The molecule has 370 valence electrons. The third-order valence-electron chi connectivity index (χ3n) is 15.0. The highest BCUT2D eigenvalue weighted by Crippen LogP contribution is 2.44. The fraction of sp³-hybridized carbons (Fsp3) is 0.586. The Hall–Kier alpha value is -2.69. The van der Waals surface area contributed by atoms with E-state index in [1.807, 2.05) is 55.4 Å². The molecule has 6 nitrogen and oxygen atoms in total. The summed E-state index contributed by atoms with van der Waals surface area (Å²) in [5.74, 6) is 0. The Labute approximate surface area is 423 Å². The number of benzene rings is 4. The van der Waals surface area contributed by atoms with E-state index < -0.39 is 14.0 Å². The van der Waals surface area contributed by atoms with Gasteiger partial charge in [-0.3, -0.25) is 0 Å². The molecule has 4 aromatic carbocycles. The number of halogens is 1. The number of rotatable bonds is 4. The Bertz CT molecular complexity index is 2260. The van der Waals surface area contributed by atoms with Gasteiger partial charge in [-0.1, -0.05) is 172 Å². The van der Waals surface area contributed by atoms with Crippen LogP contribution in [0.4, 0.5) is 0 Å². The van der Waals surface area contributed by atoms with E-state index in [1.165, 1.54) is 44.5 Å². The molecule has 7 rings (SSSR count). The third-order valence-corrected chi connectivity index (χ3v) is 15.5. The van der Waals surface area contributed by atoms with E-state index in [2.05, 4.69) is 212 Å². The van der Waals surface area contributed by atoms with Gasteiger partial charge in [0.15, 0.2) is 0 Å². The van der Waals surface area contributed by atoms with Crippen LogP contribution in [0.25, 0.3) is 22.3 Å². The Morgan fingerprint density at radius 2 is 0.618 bits per heavy atom. The highest BCUT2D eigenvalue weighted by molar-refractivity contribution is 9.10. The van der Waals surface area contributed by atoms with Gasteiger partial charge >= 0.3 is 21.1 Å². The van der Waals surface area contributed by atoms with Crippen molar-refractivity contribution in [1.82, 2.24) is 0 Å². The quantitative estimate of drug-likeness (QED) is 0.190. The van der Waals surface area contributed by atoms with Crippen LogP contribution in [0.1, 0.15) is 188 Å². The van der Waals surface area contributed by atoms with Gasteiger partial charge in [-0.25, -0.2) is 0 Å². The van der Waals surface area contributed by atoms with Crippen molar-refractivity contribution in [3.63, 3.8) is 0 Å². The van der Waals surface area contributed by atoms with Crippen molar-refractivity contribution >= 4 is 42.5 Å². The lowest BCUT2D eigenvalue weighted by atomic mass is 9.49. The largest absolute Gasteiger partial charge is 0.494 e. The van der Waals surface area contributed by atoms with Crippen molar-refractivity contribution in [2.45, 2.75) is 221 Å². The highest BCUT2D eigenvalue weighted by Gasteiger charge is 2.63. The van der Waals surface area contributed by atoms with Crippen molar-refractivity contribution in [3.05, 3.63) is 112 Å². The summed E-state index contributed by atoms with van der Waals surface area (Å²) < 4.78 is 37.5. The summed E-state index contributed by atoms with van der Waals surface area (Å²) in [6.07, 6.45) is 0. The summed E-state index contributed by atoms with van der Waals surface area (Å²) in [5, 5.41) is 0. The first kappa shape index (κ1) is 56.2. The fourth-order valence-corrected chi connectivity index (χ4v) is 8.23. The van der Waals surface area contributed by atoms with Gasteiger partial charge in [-0.05, 0) is 167 Å². The standard InChI is InChI=1S/C26H37BO2.C20H25Br.C12H24B2O4/c1-23(2,3)20-14-19(15-21(17-20)24(4,5)6)18-12-11-13-22(16-18)27-28-25(7,8)26(9,10)29-27;1-19(2,3)16-10-15(11-17(13-16)20(4,5)6)14-8-7-9-18(21)12-14;1-9(2)10(3,4)16-13(15-9)14-17-11(5,6)12(7,8)18-14/h11-17H,1-10H3;7-13H,1-6H3;1-8H3. The Morgan fingerprint density at radius 1 is 0.338 bits per heavy atom. The molecule has 0 atom stereocenters. The monoisotopic (exact) mass is 991 g/mol. The topological polar surface area (TPSA) is 55.4 Å². The summed E-state index contributed by atoms with van der Waals surface area (Å²) in [5.41, 5.74) is 9.99. The summed E-state index contributed by atoms with van der Waals surface area (Å²) in [6.45, 7) is 51.9. The second kappa shape index (κ2) is 19.1. The average molecular weight is 992 g/mol. The Morgan fingerprint density at radius 3 is 0.912 bits per heavy atom. The molecule has 3 fully saturated rings. The van der Waals surface area contributed by atoms with Crippen LogP contribution in [0.5, 0.6) is 0 Å². The van der Waals surface area contributed by atoms with E-state index in [0.717, 1.165) is 9.94 Å². The minimum Gasteiger partial charge on any atom is -0.405 e.